The monoisotopic (exact) mass is 444 g/mol. The summed E-state index contributed by atoms with van der Waals surface area (Å²) in [7, 11) is -7.54. The van der Waals surface area contributed by atoms with E-state index in [1.54, 1.807) is 19.1 Å². The largest absolute Gasteiger partial charge is 0.361 e. The van der Waals surface area contributed by atoms with Crippen molar-refractivity contribution in [2.75, 3.05) is 23.7 Å². The number of anilines is 1. The summed E-state index contributed by atoms with van der Waals surface area (Å²) in [5, 5.41) is 0.261. The second-order valence-electron chi connectivity index (χ2n) is 6.71. The van der Waals surface area contributed by atoms with Crippen molar-refractivity contribution in [3.63, 3.8) is 0 Å². The zero-order valence-corrected chi connectivity index (χ0v) is 19.3. The van der Waals surface area contributed by atoms with Gasteiger partial charge in [0, 0.05) is 13.1 Å². The quantitative estimate of drug-likeness (QED) is 0.549. The Hall–Kier alpha value is -1.45. The minimum atomic E-state index is -3.93. The van der Waals surface area contributed by atoms with Crippen molar-refractivity contribution >= 4 is 36.0 Å². The van der Waals surface area contributed by atoms with Gasteiger partial charge in [0.1, 0.15) is 5.00 Å². The molecule has 1 aromatic heterocycles. The molecule has 1 aromatic carbocycles. The molecule has 2 rings (SSSR count). The van der Waals surface area contributed by atoms with Gasteiger partial charge in [0.25, 0.3) is 0 Å². The van der Waals surface area contributed by atoms with Crippen molar-refractivity contribution in [1.82, 2.24) is 4.98 Å². The van der Waals surface area contributed by atoms with Gasteiger partial charge in [-0.25, -0.2) is 21.8 Å². The highest BCUT2D eigenvalue weighted by Crippen LogP contribution is 2.38. The number of hydrogen-bond donors (Lipinski definition) is 0. The van der Waals surface area contributed by atoms with Crippen molar-refractivity contribution < 1.29 is 16.8 Å². The van der Waals surface area contributed by atoms with Gasteiger partial charge >= 0.3 is 0 Å². The van der Waals surface area contributed by atoms with Gasteiger partial charge in [0.2, 0.25) is 24.0 Å². The molecule has 0 fully saturated rings. The lowest BCUT2D eigenvalue weighted by Gasteiger charge is -2.22. The first-order valence-electron chi connectivity index (χ1n) is 9.47. The topological polar surface area (TPSA) is 84.4 Å². The van der Waals surface area contributed by atoms with Crippen molar-refractivity contribution in [2.24, 2.45) is 0 Å². The number of sulfone groups is 2. The van der Waals surface area contributed by atoms with Gasteiger partial charge in [-0.15, -0.1) is 0 Å². The van der Waals surface area contributed by atoms with Crippen molar-refractivity contribution in [3.05, 3.63) is 29.8 Å². The maximum atomic E-state index is 13.3. The number of nitrogens with zero attached hydrogens (tertiary/aromatic N) is 2. The molecule has 0 aliphatic carbocycles. The number of thiazole rings is 1. The van der Waals surface area contributed by atoms with Crippen LogP contribution in [0.4, 0.5) is 5.00 Å². The Morgan fingerprint density at radius 1 is 0.929 bits per heavy atom. The molecular formula is C19H28N2O4S3. The minimum absolute atomic E-state index is 0.0501. The Kier molecular flexibility index (Phi) is 7.64. The summed E-state index contributed by atoms with van der Waals surface area (Å²) in [5.41, 5.74) is 0.947. The van der Waals surface area contributed by atoms with Crippen LogP contribution in [-0.4, -0.2) is 40.7 Å². The van der Waals surface area contributed by atoms with Gasteiger partial charge in [0.05, 0.1) is 10.6 Å². The van der Waals surface area contributed by atoms with Gasteiger partial charge in [-0.3, -0.25) is 0 Å². The van der Waals surface area contributed by atoms with E-state index in [4.69, 9.17) is 0 Å². The number of rotatable bonds is 10. The molecule has 0 saturated heterocycles. The summed E-state index contributed by atoms with van der Waals surface area (Å²) in [6, 6.07) is 6.53. The predicted octanol–water partition coefficient (Wildman–Crippen LogP) is 4.09. The third-order valence-electron chi connectivity index (χ3n) is 4.16. The number of aryl methyl sites for hydroxylation is 1. The SMILES string of the molecule is CCCN(CCC)c1sc(S(=O)(=O)CCC)nc1S(=O)(=O)c1ccc(C)cc1. The fourth-order valence-corrected chi connectivity index (χ4v) is 7.37. The van der Waals surface area contributed by atoms with Gasteiger partial charge in [-0.05, 0) is 38.3 Å². The first kappa shape index (κ1) is 22.8. The van der Waals surface area contributed by atoms with E-state index >= 15 is 0 Å². The molecule has 0 aliphatic heterocycles. The molecule has 0 bridgehead atoms. The Labute approximate surface area is 172 Å². The molecule has 0 radical (unpaired) electrons. The molecule has 156 valence electrons. The molecule has 28 heavy (non-hydrogen) atoms. The van der Waals surface area contributed by atoms with Crippen LogP contribution in [-0.2, 0) is 19.7 Å². The van der Waals surface area contributed by atoms with E-state index in [-0.39, 0.29) is 20.0 Å². The van der Waals surface area contributed by atoms with Crippen LogP contribution in [0.2, 0.25) is 0 Å². The zero-order valence-electron chi connectivity index (χ0n) is 16.8. The van der Waals surface area contributed by atoms with Crippen molar-refractivity contribution in [1.29, 1.82) is 0 Å². The molecule has 0 saturated carbocycles. The highest BCUT2D eigenvalue weighted by molar-refractivity contribution is 7.94. The first-order valence-corrected chi connectivity index (χ1v) is 13.4. The third-order valence-corrected chi connectivity index (χ3v) is 9.47. The van der Waals surface area contributed by atoms with Crippen LogP contribution in [0, 0.1) is 6.92 Å². The molecule has 2 aromatic rings. The van der Waals surface area contributed by atoms with Gasteiger partial charge < -0.3 is 4.90 Å². The van der Waals surface area contributed by atoms with Gasteiger partial charge in [-0.2, -0.15) is 0 Å². The molecule has 6 nitrogen and oxygen atoms in total. The second-order valence-corrected chi connectivity index (χ2v) is 11.8. The molecule has 0 N–H and O–H groups in total. The molecule has 0 amide bonds. The van der Waals surface area contributed by atoms with Crippen LogP contribution in [0.25, 0.3) is 0 Å². The van der Waals surface area contributed by atoms with E-state index in [0.29, 0.717) is 24.5 Å². The minimum Gasteiger partial charge on any atom is -0.361 e. The van der Waals surface area contributed by atoms with Crippen LogP contribution in [0.3, 0.4) is 0 Å². The Bertz CT molecular complexity index is 988. The van der Waals surface area contributed by atoms with E-state index in [1.807, 2.05) is 25.7 Å². The van der Waals surface area contributed by atoms with Crippen molar-refractivity contribution in [2.45, 2.75) is 61.2 Å². The number of aromatic nitrogens is 1. The van der Waals surface area contributed by atoms with Crippen LogP contribution >= 0.6 is 11.3 Å². The average molecular weight is 445 g/mol. The highest BCUT2D eigenvalue weighted by Gasteiger charge is 2.32. The fraction of sp³-hybridized carbons (Fsp3) is 0.526. The first-order chi connectivity index (χ1) is 13.2. The van der Waals surface area contributed by atoms with E-state index in [9.17, 15) is 16.8 Å². The summed E-state index contributed by atoms with van der Waals surface area (Å²) in [6.07, 6.45) is 2.09. The zero-order chi connectivity index (χ0) is 20.9. The van der Waals surface area contributed by atoms with E-state index in [0.717, 1.165) is 29.7 Å². The van der Waals surface area contributed by atoms with Crippen LogP contribution in [0.1, 0.15) is 45.6 Å². The lowest BCUT2D eigenvalue weighted by molar-refractivity contribution is 0.588. The standard InChI is InChI=1S/C19H28N2O4S3/c1-5-12-21(13-6-2)18-17(20-19(26-18)27(22,23)14-7-3)28(24,25)16-10-8-15(4)9-11-16/h8-11H,5-7,12-14H2,1-4H3. The maximum absolute atomic E-state index is 13.3. The summed E-state index contributed by atoms with van der Waals surface area (Å²) >= 11 is 0.967. The Morgan fingerprint density at radius 2 is 1.50 bits per heavy atom. The number of benzene rings is 1. The van der Waals surface area contributed by atoms with E-state index in [2.05, 4.69) is 4.98 Å². The van der Waals surface area contributed by atoms with E-state index < -0.39 is 19.7 Å². The molecule has 1 heterocycles. The lowest BCUT2D eigenvalue weighted by Crippen LogP contribution is -2.25. The number of hydrogen-bond acceptors (Lipinski definition) is 7. The Balaban J connectivity index is 2.69. The highest BCUT2D eigenvalue weighted by atomic mass is 32.2. The molecule has 0 atom stereocenters. The van der Waals surface area contributed by atoms with Crippen LogP contribution < -0.4 is 4.90 Å². The van der Waals surface area contributed by atoms with Gasteiger partial charge in [-0.1, -0.05) is 49.8 Å². The molecule has 0 unspecified atom stereocenters. The van der Waals surface area contributed by atoms with Crippen LogP contribution in [0.15, 0.2) is 38.5 Å². The maximum Gasteiger partial charge on any atom is 0.226 e. The average Bonchev–Trinajstić information content (AvgIpc) is 3.09. The fourth-order valence-electron chi connectivity index (χ4n) is 2.83. The van der Waals surface area contributed by atoms with Gasteiger partial charge in [0.15, 0.2) is 5.03 Å². The molecule has 9 heteroatoms. The predicted molar refractivity (Wildman–Crippen MR) is 114 cm³/mol. The summed E-state index contributed by atoms with van der Waals surface area (Å²) in [5.74, 6) is -0.0501. The normalized spacial score (nSPS) is 12.3. The molecule has 0 spiro atoms. The van der Waals surface area contributed by atoms with E-state index in [1.165, 1.54) is 12.1 Å². The third kappa shape index (κ3) is 4.93. The second kappa shape index (κ2) is 9.37. The smallest absolute Gasteiger partial charge is 0.226 e. The summed E-state index contributed by atoms with van der Waals surface area (Å²) in [6.45, 7) is 8.94. The summed E-state index contributed by atoms with van der Waals surface area (Å²) < 4.78 is 51.6. The molecule has 0 aliphatic rings. The van der Waals surface area contributed by atoms with Crippen molar-refractivity contribution in [3.8, 4) is 0 Å². The Morgan fingerprint density at radius 3 is 2.00 bits per heavy atom. The summed E-state index contributed by atoms with van der Waals surface area (Å²) in [4.78, 5) is 6.21. The molecular weight excluding hydrogens is 416 g/mol. The van der Waals surface area contributed by atoms with Crippen LogP contribution in [0.5, 0.6) is 0 Å². The lowest BCUT2D eigenvalue weighted by atomic mass is 10.2.